The number of halogens is 2. The molecule has 1 fully saturated rings. The lowest BCUT2D eigenvalue weighted by molar-refractivity contribution is -0.117. The van der Waals surface area contributed by atoms with Crippen molar-refractivity contribution in [1.82, 2.24) is 10.5 Å². The molecule has 2 heterocycles. The second-order valence-corrected chi connectivity index (χ2v) is 7.26. The van der Waals surface area contributed by atoms with E-state index >= 15 is 0 Å². The highest BCUT2D eigenvalue weighted by Crippen LogP contribution is 2.27. The molecule has 2 amide bonds. The van der Waals surface area contributed by atoms with Crippen molar-refractivity contribution in [3.63, 3.8) is 0 Å². The number of benzene rings is 2. The molecule has 0 bridgehead atoms. The van der Waals surface area contributed by atoms with E-state index in [-0.39, 0.29) is 30.1 Å². The lowest BCUT2D eigenvalue weighted by Crippen LogP contribution is -2.37. The van der Waals surface area contributed by atoms with Crippen molar-refractivity contribution in [2.45, 2.75) is 19.4 Å². The third-order valence-electron chi connectivity index (χ3n) is 4.81. The Morgan fingerprint density at radius 3 is 2.59 bits per heavy atom. The summed E-state index contributed by atoms with van der Waals surface area (Å²) in [5.74, 6) is -0.496. The number of aromatic nitrogens is 1. The molecule has 29 heavy (non-hydrogen) atoms. The third-order valence-corrected chi connectivity index (χ3v) is 5.06. The Hall–Kier alpha value is -3.19. The smallest absolute Gasteiger partial charge is 0.257 e. The topological polar surface area (TPSA) is 75.4 Å². The molecular weight excluding hydrogens is 397 g/mol. The summed E-state index contributed by atoms with van der Waals surface area (Å²) in [6.45, 7) is 1.96. The van der Waals surface area contributed by atoms with Crippen molar-refractivity contribution in [3.05, 3.63) is 70.7 Å². The summed E-state index contributed by atoms with van der Waals surface area (Å²) in [4.78, 5) is 26.8. The minimum absolute atomic E-state index is 0.137. The molecule has 0 spiro atoms. The summed E-state index contributed by atoms with van der Waals surface area (Å²) in [7, 11) is 0. The number of nitrogens with one attached hydrogen (secondary N) is 1. The molecule has 3 aromatic rings. The number of aryl methyl sites for hydroxylation is 1. The highest BCUT2D eigenvalue weighted by Gasteiger charge is 2.33. The number of carbonyl (C=O) groups excluding carboxylic acids is 2. The van der Waals surface area contributed by atoms with Gasteiger partial charge in [0.25, 0.3) is 5.91 Å². The van der Waals surface area contributed by atoms with Crippen molar-refractivity contribution in [1.29, 1.82) is 0 Å². The summed E-state index contributed by atoms with van der Waals surface area (Å²) >= 11 is 5.93. The van der Waals surface area contributed by atoms with Gasteiger partial charge in [-0.1, -0.05) is 28.9 Å². The Balaban J connectivity index is 1.52. The monoisotopic (exact) mass is 413 g/mol. The quantitative estimate of drug-likeness (QED) is 0.702. The Labute approximate surface area is 171 Å². The maximum absolute atomic E-state index is 13.1. The average Bonchev–Trinajstić information content (AvgIpc) is 3.25. The minimum Gasteiger partial charge on any atom is -0.360 e. The van der Waals surface area contributed by atoms with E-state index in [0.717, 1.165) is 0 Å². The first-order chi connectivity index (χ1) is 13.9. The second kappa shape index (κ2) is 7.67. The second-order valence-electron chi connectivity index (χ2n) is 6.82. The van der Waals surface area contributed by atoms with E-state index in [1.807, 2.05) is 0 Å². The molecular formula is C21H17ClFN3O3. The van der Waals surface area contributed by atoms with Crippen LogP contribution in [0.5, 0.6) is 0 Å². The fourth-order valence-electron chi connectivity index (χ4n) is 3.38. The van der Waals surface area contributed by atoms with E-state index in [9.17, 15) is 14.0 Å². The Kier molecular flexibility index (Phi) is 5.07. The number of nitrogens with zero attached hydrogens (tertiary/aromatic N) is 2. The van der Waals surface area contributed by atoms with Gasteiger partial charge in [0.15, 0.2) is 0 Å². The Morgan fingerprint density at radius 2 is 1.90 bits per heavy atom. The normalized spacial score (nSPS) is 16.3. The van der Waals surface area contributed by atoms with Gasteiger partial charge in [-0.25, -0.2) is 4.39 Å². The van der Waals surface area contributed by atoms with E-state index in [1.165, 1.54) is 17.0 Å². The first-order valence-electron chi connectivity index (χ1n) is 9.01. The zero-order valence-corrected chi connectivity index (χ0v) is 16.2. The average molecular weight is 414 g/mol. The van der Waals surface area contributed by atoms with Crippen LogP contribution in [0, 0.1) is 12.7 Å². The summed E-state index contributed by atoms with van der Waals surface area (Å²) in [5, 5.41) is 7.46. The van der Waals surface area contributed by atoms with Crippen LogP contribution in [0.1, 0.15) is 22.5 Å². The van der Waals surface area contributed by atoms with Gasteiger partial charge in [-0.15, -0.1) is 0 Å². The molecule has 8 heteroatoms. The van der Waals surface area contributed by atoms with Crippen molar-refractivity contribution >= 4 is 29.1 Å². The van der Waals surface area contributed by atoms with Gasteiger partial charge < -0.3 is 14.7 Å². The summed E-state index contributed by atoms with van der Waals surface area (Å²) < 4.78 is 18.4. The van der Waals surface area contributed by atoms with Gasteiger partial charge in [0, 0.05) is 29.2 Å². The van der Waals surface area contributed by atoms with Crippen molar-refractivity contribution in [3.8, 4) is 11.3 Å². The van der Waals surface area contributed by atoms with Gasteiger partial charge in [-0.2, -0.15) is 0 Å². The molecule has 148 valence electrons. The van der Waals surface area contributed by atoms with Gasteiger partial charge in [-0.05, 0) is 43.3 Å². The summed E-state index contributed by atoms with van der Waals surface area (Å²) in [6, 6.07) is 12.2. The molecule has 0 radical (unpaired) electrons. The molecule has 1 N–H and O–H groups in total. The van der Waals surface area contributed by atoms with Crippen LogP contribution < -0.4 is 10.2 Å². The van der Waals surface area contributed by atoms with Gasteiger partial charge in [0.1, 0.15) is 22.8 Å². The number of hydrogen-bond donors (Lipinski definition) is 1. The number of hydrogen-bond acceptors (Lipinski definition) is 4. The minimum atomic E-state index is -0.382. The molecule has 1 aliphatic rings. The van der Waals surface area contributed by atoms with Gasteiger partial charge in [-0.3, -0.25) is 9.59 Å². The van der Waals surface area contributed by atoms with Crippen LogP contribution in [-0.2, 0) is 4.79 Å². The van der Waals surface area contributed by atoms with E-state index in [2.05, 4.69) is 10.5 Å². The van der Waals surface area contributed by atoms with Crippen LogP contribution in [0.2, 0.25) is 5.02 Å². The number of rotatable bonds is 4. The largest absolute Gasteiger partial charge is 0.360 e. The fraction of sp³-hybridized carbons (Fsp3) is 0.190. The van der Waals surface area contributed by atoms with E-state index in [0.29, 0.717) is 39.8 Å². The van der Waals surface area contributed by atoms with Gasteiger partial charge >= 0.3 is 0 Å². The van der Waals surface area contributed by atoms with Crippen LogP contribution in [-0.4, -0.2) is 29.6 Å². The molecule has 1 aliphatic heterocycles. The van der Waals surface area contributed by atoms with Crippen molar-refractivity contribution in [2.75, 3.05) is 11.4 Å². The lowest BCUT2D eigenvalue weighted by atomic mass is 10.1. The molecule has 2 aromatic carbocycles. The van der Waals surface area contributed by atoms with Gasteiger partial charge in [0.05, 0.1) is 6.04 Å². The number of amides is 2. The molecule has 6 nitrogen and oxygen atoms in total. The summed E-state index contributed by atoms with van der Waals surface area (Å²) in [5.41, 5.74) is 2.03. The Bertz CT molecular complexity index is 1060. The van der Waals surface area contributed by atoms with E-state index in [1.54, 1.807) is 43.3 Å². The standard InChI is InChI=1S/C21H17ClFN3O3/c1-12-19(20(25-29-12)13-2-4-14(22)5-3-13)21(28)24-16-10-18(27)26(11-16)17-8-6-15(23)7-9-17/h2-9,16H,10-11H2,1H3,(H,24,28). The Morgan fingerprint density at radius 1 is 1.21 bits per heavy atom. The first kappa shape index (κ1) is 19.1. The number of carbonyl (C=O) groups is 2. The molecule has 1 unspecified atom stereocenters. The molecule has 1 saturated heterocycles. The van der Waals surface area contributed by atoms with Crippen LogP contribution in [0.3, 0.4) is 0 Å². The van der Waals surface area contributed by atoms with Crippen LogP contribution in [0.25, 0.3) is 11.3 Å². The predicted octanol–water partition coefficient (Wildman–Crippen LogP) is 3.98. The van der Waals surface area contributed by atoms with Crippen LogP contribution in [0.15, 0.2) is 53.1 Å². The van der Waals surface area contributed by atoms with E-state index < -0.39 is 0 Å². The van der Waals surface area contributed by atoms with Crippen molar-refractivity contribution in [2.24, 2.45) is 0 Å². The number of anilines is 1. The first-order valence-corrected chi connectivity index (χ1v) is 9.39. The molecule has 0 aliphatic carbocycles. The maximum atomic E-state index is 13.1. The molecule has 1 atom stereocenters. The van der Waals surface area contributed by atoms with Crippen LogP contribution >= 0.6 is 11.6 Å². The SMILES string of the molecule is Cc1onc(-c2ccc(Cl)cc2)c1C(=O)NC1CC(=O)N(c2ccc(F)cc2)C1. The van der Waals surface area contributed by atoms with Crippen molar-refractivity contribution < 1.29 is 18.5 Å². The zero-order chi connectivity index (χ0) is 20.5. The summed E-state index contributed by atoms with van der Waals surface area (Å²) in [6.07, 6.45) is 0.156. The highest BCUT2D eigenvalue weighted by atomic mass is 35.5. The predicted molar refractivity (Wildman–Crippen MR) is 106 cm³/mol. The lowest BCUT2D eigenvalue weighted by Gasteiger charge is -2.17. The molecule has 0 saturated carbocycles. The zero-order valence-electron chi connectivity index (χ0n) is 15.5. The third kappa shape index (κ3) is 3.86. The highest BCUT2D eigenvalue weighted by molar-refractivity contribution is 6.30. The molecule has 1 aromatic heterocycles. The van der Waals surface area contributed by atoms with Crippen LogP contribution in [0.4, 0.5) is 10.1 Å². The fourth-order valence-corrected chi connectivity index (χ4v) is 3.50. The molecule has 4 rings (SSSR count). The maximum Gasteiger partial charge on any atom is 0.257 e. The van der Waals surface area contributed by atoms with Gasteiger partial charge in [0.2, 0.25) is 5.91 Å². The van der Waals surface area contributed by atoms with E-state index in [4.69, 9.17) is 16.1 Å².